The predicted octanol–water partition coefficient (Wildman–Crippen LogP) is 1.15. The molecule has 0 aliphatic rings. The van der Waals surface area contributed by atoms with Gasteiger partial charge in [-0.25, -0.2) is 4.39 Å². The Bertz CT molecular complexity index is 341. The van der Waals surface area contributed by atoms with Crippen LogP contribution in [-0.2, 0) is 0 Å². The zero-order chi connectivity index (χ0) is 11.3. The minimum atomic E-state index is -0.504. The molecule has 82 valence electrons. The number of halogens is 1. The van der Waals surface area contributed by atoms with Crippen molar-refractivity contribution in [2.75, 3.05) is 13.1 Å². The lowest BCUT2D eigenvalue weighted by atomic mass is 10.1. The lowest BCUT2D eigenvalue weighted by Crippen LogP contribution is -2.31. The van der Waals surface area contributed by atoms with Crippen molar-refractivity contribution in [1.29, 1.82) is 0 Å². The number of benzene rings is 1. The summed E-state index contributed by atoms with van der Waals surface area (Å²) in [6, 6.07) is 5.90. The molecular formula is C11H15FN2O. The summed E-state index contributed by atoms with van der Waals surface area (Å²) in [5.74, 6) is -0.704. The number of carbonyl (C=O) groups is 1. The number of hydrogen-bond acceptors (Lipinski definition) is 2. The fourth-order valence-corrected chi connectivity index (χ4v) is 1.09. The second-order valence-electron chi connectivity index (χ2n) is 3.53. The van der Waals surface area contributed by atoms with Gasteiger partial charge in [-0.05, 0) is 24.6 Å². The third kappa shape index (κ3) is 3.32. The van der Waals surface area contributed by atoms with E-state index in [1.54, 1.807) is 12.1 Å². The second-order valence-corrected chi connectivity index (χ2v) is 3.53. The molecule has 0 aliphatic heterocycles. The third-order valence-electron chi connectivity index (χ3n) is 2.13. The second kappa shape index (κ2) is 5.46. The molecule has 1 rings (SSSR count). The molecular weight excluding hydrogens is 195 g/mol. The number of carbonyl (C=O) groups excluding carboxylic acids is 1. The predicted molar refractivity (Wildman–Crippen MR) is 57.0 cm³/mol. The van der Waals surface area contributed by atoms with Gasteiger partial charge in [0.1, 0.15) is 5.82 Å². The highest BCUT2D eigenvalue weighted by molar-refractivity contribution is 5.94. The Balaban J connectivity index is 2.58. The fourth-order valence-electron chi connectivity index (χ4n) is 1.09. The normalized spacial score (nSPS) is 12.2. The van der Waals surface area contributed by atoms with Crippen LogP contribution in [0, 0.1) is 11.7 Å². The number of amides is 1. The first kappa shape index (κ1) is 11.7. The molecule has 1 amide bonds. The van der Waals surface area contributed by atoms with Crippen molar-refractivity contribution in [3.8, 4) is 0 Å². The van der Waals surface area contributed by atoms with E-state index >= 15 is 0 Å². The summed E-state index contributed by atoms with van der Waals surface area (Å²) in [6.45, 7) is 2.88. The van der Waals surface area contributed by atoms with E-state index in [-0.39, 0.29) is 11.5 Å². The van der Waals surface area contributed by atoms with Crippen molar-refractivity contribution >= 4 is 5.91 Å². The zero-order valence-electron chi connectivity index (χ0n) is 8.66. The van der Waals surface area contributed by atoms with Crippen LogP contribution in [0.4, 0.5) is 4.39 Å². The van der Waals surface area contributed by atoms with Crippen LogP contribution in [0.2, 0.25) is 0 Å². The van der Waals surface area contributed by atoms with Gasteiger partial charge in [0, 0.05) is 6.54 Å². The summed E-state index contributed by atoms with van der Waals surface area (Å²) < 4.78 is 13.2. The van der Waals surface area contributed by atoms with Crippen molar-refractivity contribution < 1.29 is 9.18 Å². The van der Waals surface area contributed by atoms with Crippen LogP contribution in [0.15, 0.2) is 24.3 Å². The van der Waals surface area contributed by atoms with Gasteiger partial charge in [0.15, 0.2) is 0 Å². The van der Waals surface area contributed by atoms with Crippen LogP contribution in [0.1, 0.15) is 17.3 Å². The maximum atomic E-state index is 13.2. The highest BCUT2D eigenvalue weighted by atomic mass is 19.1. The molecule has 15 heavy (non-hydrogen) atoms. The first-order valence-corrected chi connectivity index (χ1v) is 4.88. The van der Waals surface area contributed by atoms with Crippen molar-refractivity contribution in [2.24, 2.45) is 11.7 Å². The van der Waals surface area contributed by atoms with Gasteiger partial charge in [-0.3, -0.25) is 4.79 Å². The molecule has 0 fully saturated rings. The zero-order valence-corrected chi connectivity index (χ0v) is 8.66. The van der Waals surface area contributed by atoms with Crippen LogP contribution >= 0.6 is 0 Å². The number of nitrogens with two attached hydrogens (primary N) is 1. The Kier molecular flexibility index (Phi) is 4.24. The van der Waals surface area contributed by atoms with E-state index in [9.17, 15) is 9.18 Å². The van der Waals surface area contributed by atoms with Crippen LogP contribution in [0.5, 0.6) is 0 Å². The Morgan fingerprint density at radius 1 is 1.53 bits per heavy atom. The molecule has 3 N–H and O–H groups in total. The Hall–Kier alpha value is -1.42. The molecule has 0 heterocycles. The molecule has 0 radical (unpaired) electrons. The molecule has 0 aliphatic carbocycles. The molecule has 0 saturated heterocycles. The van der Waals surface area contributed by atoms with E-state index in [0.717, 1.165) is 0 Å². The molecule has 1 unspecified atom stereocenters. The van der Waals surface area contributed by atoms with Crippen molar-refractivity contribution in [3.63, 3.8) is 0 Å². The van der Waals surface area contributed by atoms with Gasteiger partial charge < -0.3 is 11.1 Å². The van der Waals surface area contributed by atoms with Gasteiger partial charge in [-0.2, -0.15) is 0 Å². The highest BCUT2D eigenvalue weighted by Crippen LogP contribution is 2.05. The van der Waals surface area contributed by atoms with E-state index in [1.165, 1.54) is 12.1 Å². The maximum Gasteiger partial charge on any atom is 0.254 e. The molecule has 1 atom stereocenters. The molecule has 3 nitrogen and oxygen atoms in total. The fraction of sp³-hybridized carbons (Fsp3) is 0.364. The maximum absolute atomic E-state index is 13.2. The van der Waals surface area contributed by atoms with Gasteiger partial charge in [0.05, 0.1) is 5.56 Å². The summed E-state index contributed by atoms with van der Waals surface area (Å²) in [5, 5.41) is 2.63. The van der Waals surface area contributed by atoms with Gasteiger partial charge in [-0.1, -0.05) is 19.1 Å². The largest absolute Gasteiger partial charge is 0.352 e. The van der Waals surface area contributed by atoms with E-state index in [2.05, 4.69) is 5.32 Å². The number of hydrogen-bond donors (Lipinski definition) is 2. The minimum absolute atomic E-state index is 0.0710. The minimum Gasteiger partial charge on any atom is -0.352 e. The topological polar surface area (TPSA) is 55.1 Å². The average Bonchev–Trinajstić information content (AvgIpc) is 2.26. The third-order valence-corrected chi connectivity index (χ3v) is 2.13. The van der Waals surface area contributed by atoms with Crippen molar-refractivity contribution in [2.45, 2.75) is 6.92 Å². The summed E-state index contributed by atoms with van der Waals surface area (Å²) in [7, 11) is 0. The Morgan fingerprint density at radius 3 is 2.80 bits per heavy atom. The quantitative estimate of drug-likeness (QED) is 0.783. The molecule has 0 spiro atoms. The van der Waals surface area contributed by atoms with Crippen LogP contribution in [-0.4, -0.2) is 19.0 Å². The van der Waals surface area contributed by atoms with Gasteiger partial charge in [0.25, 0.3) is 5.91 Å². The molecule has 0 bridgehead atoms. The molecule has 4 heteroatoms. The van der Waals surface area contributed by atoms with Gasteiger partial charge >= 0.3 is 0 Å². The van der Waals surface area contributed by atoms with Crippen molar-refractivity contribution in [3.05, 3.63) is 35.6 Å². The standard InChI is InChI=1S/C11H15FN2O/c1-8(6-13)7-14-11(15)9-4-2-3-5-10(9)12/h2-5,8H,6-7,13H2,1H3,(H,14,15). The highest BCUT2D eigenvalue weighted by Gasteiger charge is 2.10. The Labute approximate surface area is 88.5 Å². The molecule has 1 aromatic rings. The van der Waals surface area contributed by atoms with Crippen molar-refractivity contribution in [1.82, 2.24) is 5.32 Å². The first-order valence-electron chi connectivity index (χ1n) is 4.88. The molecule has 0 aromatic heterocycles. The SMILES string of the molecule is CC(CN)CNC(=O)c1ccccc1F. The molecule has 0 saturated carbocycles. The van der Waals surface area contributed by atoms with Gasteiger partial charge in [-0.15, -0.1) is 0 Å². The smallest absolute Gasteiger partial charge is 0.254 e. The summed E-state index contributed by atoms with van der Waals surface area (Å²) >= 11 is 0. The van der Waals surface area contributed by atoms with Crippen LogP contribution < -0.4 is 11.1 Å². The molecule has 1 aromatic carbocycles. The number of nitrogens with one attached hydrogen (secondary N) is 1. The van der Waals surface area contributed by atoms with E-state index in [0.29, 0.717) is 13.1 Å². The van der Waals surface area contributed by atoms with Crippen LogP contribution in [0.25, 0.3) is 0 Å². The monoisotopic (exact) mass is 210 g/mol. The van der Waals surface area contributed by atoms with Gasteiger partial charge in [0.2, 0.25) is 0 Å². The lowest BCUT2D eigenvalue weighted by Gasteiger charge is -2.10. The van der Waals surface area contributed by atoms with Crippen LogP contribution in [0.3, 0.4) is 0 Å². The summed E-state index contributed by atoms with van der Waals surface area (Å²) in [5.41, 5.74) is 5.47. The Morgan fingerprint density at radius 2 is 2.20 bits per heavy atom. The summed E-state index contributed by atoms with van der Waals surface area (Å²) in [6.07, 6.45) is 0. The van der Waals surface area contributed by atoms with E-state index in [1.807, 2.05) is 6.92 Å². The first-order chi connectivity index (χ1) is 7.15. The lowest BCUT2D eigenvalue weighted by molar-refractivity contribution is 0.0944. The average molecular weight is 210 g/mol. The summed E-state index contributed by atoms with van der Waals surface area (Å²) in [4.78, 5) is 11.5. The van der Waals surface area contributed by atoms with E-state index in [4.69, 9.17) is 5.73 Å². The van der Waals surface area contributed by atoms with E-state index < -0.39 is 11.7 Å². The number of rotatable bonds is 4.